The molecule has 0 fully saturated rings. The molecule has 0 radical (unpaired) electrons. The van der Waals surface area contributed by atoms with E-state index in [1.807, 2.05) is 0 Å². The van der Waals surface area contributed by atoms with Crippen LogP contribution in [0.25, 0.3) is 11.4 Å². The van der Waals surface area contributed by atoms with Crippen LogP contribution in [0.15, 0.2) is 18.2 Å². The van der Waals surface area contributed by atoms with Gasteiger partial charge in [0.05, 0.1) is 6.61 Å². The van der Waals surface area contributed by atoms with Gasteiger partial charge in [0.15, 0.2) is 5.69 Å². The van der Waals surface area contributed by atoms with E-state index in [1.54, 1.807) is 13.8 Å². The fraction of sp³-hybridized carbons (Fsp3) is 0.231. The molecule has 0 spiro atoms. The summed E-state index contributed by atoms with van der Waals surface area (Å²) < 4.78 is 31.1. The summed E-state index contributed by atoms with van der Waals surface area (Å²) in [5, 5.41) is 0. The van der Waals surface area contributed by atoms with Gasteiger partial charge in [-0.05, 0) is 26.0 Å². The van der Waals surface area contributed by atoms with Crippen LogP contribution in [0.2, 0.25) is 0 Å². The average molecular weight is 266 g/mol. The van der Waals surface area contributed by atoms with Crippen LogP contribution in [-0.4, -0.2) is 22.5 Å². The van der Waals surface area contributed by atoms with Gasteiger partial charge in [0, 0.05) is 17.3 Å². The number of nitrogens with one attached hydrogen (secondary N) is 1. The molecular formula is C13H12F2N2O2. The van der Waals surface area contributed by atoms with E-state index < -0.39 is 17.6 Å². The minimum atomic E-state index is -0.707. The summed E-state index contributed by atoms with van der Waals surface area (Å²) in [5.41, 5.74) is 0.829. The number of ether oxygens (including phenoxy) is 1. The Balaban J connectivity index is 2.41. The van der Waals surface area contributed by atoms with E-state index in [0.717, 1.165) is 18.2 Å². The van der Waals surface area contributed by atoms with Gasteiger partial charge in [0.1, 0.15) is 17.5 Å². The van der Waals surface area contributed by atoms with Crippen LogP contribution < -0.4 is 0 Å². The normalized spacial score (nSPS) is 10.5. The lowest BCUT2D eigenvalue weighted by atomic mass is 10.2. The van der Waals surface area contributed by atoms with Crippen molar-refractivity contribution >= 4 is 5.97 Å². The number of hydrogen-bond acceptors (Lipinski definition) is 3. The quantitative estimate of drug-likeness (QED) is 0.869. The third-order valence-corrected chi connectivity index (χ3v) is 2.49. The Kier molecular flexibility index (Phi) is 3.59. The van der Waals surface area contributed by atoms with Gasteiger partial charge in [-0.15, -0.1) is 0 Å². The molecule has 0 saturated heterocycles. The zero-order valence-electron chi connectivity index (χ0n) is 10.5. The number of H-pyrrole nitrogens is 1. The van der Waals surface area contributed by atoms with Crippen LogP contribution in [0.4, 0.5) is 8.78 Å². The zero-order valence-corrected chi connectivity index (χ0v) is 10.5. The number of halogens is 2. The molecule has 0 unspecified atom stereocenters. The van der Waals surface area contributed by atoms with Crippen molar-refractivity contribution in [1.82, 2.24) is 9.97 Å². The summed E-state index contributed by atoms with van der Waals surface area (Å²) in [6, 6.07) is 3.04. The summed E-state index contributed by atoms with van der Waals surface area (Å²) in [6.45, 7) is 3.55. The molecule has 6 heteroatoms. The van der Waals surface area contributed by atoms with Gasteiger partial charge in [-0.1, -0.05) is 0 Å². The highest BCUT2D eigenvalue weighted by Crippen LogP contribution is 2.20. The van der Waals surface area contributed by atoms with Crippen molar-refractivity contribution in [1.29, 1.82) is 0 Å². The second-order valence-corrected chi connectivity index (χ2v) is 3.94. The molecule has 19 heavy (non-hydrogen) atoms. The Morgan fingerprint density at radius 2 is 1.95 bits per heavy atom. The molecule has 0 aliphatic rings. The third-order valence-electron chi connectivity index (χ3n) is 2.49. The molecular weight excluding hydrogens is 254 g/mol. The molecule has 100 valence electrons. The second kappa shape index (κ2) is 5.17. The minimum Gasteiger partial charge on any atom is -0.461 e. The summed E-state index contributed by atoms with van der Waals surface area (Å²) in [5.74, 6) is -1.76. The van der Waals surface area contributed by atoms with Gasteiger partial charge in [-0.25, -0.2) is 18.6 Å². The highest BCUT2D eigenvalue weighted by molar-refractivity contribution is 5.89. The van der Waals surface area contributed by atoms with Gasteiger partial charge in [0.25, 0.3) is 0 Å². The SMILES string of the molecule is CCOC(=O)c1nc(-c2cc(F)cc(F)c2)[nH]c1C. The molecule has 0 bridgehead atoms. The Hall–Kier alpha value is -2.24. The Morgan fingerprint density at radius 3 is 2.53 bits per heavy atom. The molecule has 2 rings (SSSR count). The number of nitrogens with zero attached hydrogens (tertiary/aromatic N) is 1. The van der Waals surface area contributed by atoms with E-state index >= 15 is 0 Å². The molecule has 1 aromatic carbocycles. The van der Waals surface area contributed by atoms with Crippen molar-refractivity contribution in [2.45, 2.75) is 13.8 Å². The number of aromatic nitrogens is 2. The monoisotopic (exact) mass is 266 g/mol. The number of imidazole rings is 1. The molecule has 1 heterocycles. The molecule has 0 saturated carbocycles. The smallest absolute Gasteiger partial charge is 0.358 e. The number of aromatic amines is 1. The highest BCUT2D eigenvalue weighted by atomic mass is 19.1. The zero-order chi connectivity index (χ0) is 14.0. The first-order valence-electron chi connectivity index (χ1n) is 5.71. The first-order valence-corrected chi connectivity index (χ1v) is 5.71. The maximum Gasteiger partial charge on any atom is 0.358 e. The summed E-state index contributed by atoms with van der Waals surface area (Å²) in [6.07, 6.45) is 0. The number of carbonyl (C=O) groups excluding carboxylic acids is 1. The van der Waals surface area contributed by atoms with E-state index in [1.165, 1.54) is 0 Å². The van der Waals surface area contributed by atoms with Gasteiger partial charge in [-0.3, -0.25) is 0 Å². The standard InChI is InChI=1S/C13H12F2N2O2/c1-3-19-13(18)11-7(2)16-12(17-11)8-4-9(14)6-10(15)5-8/h4-6H,3H2,1-2H3,(H,16,17). The Labute approximate surface area is 108 Å². The maximum atomic E-state index is 13.1. The number of esters is 1. The highest BCUT2D eigenvalue weighted by Gasteiger charge is 2.17. The lowest BCUT2D eigenvalue weighted by Gasteiger charge is -1.98. The van der Waals surface area contributed by atoms with E-state index in [0.29, 0.717) is 5.69 Å². The molecule has 1 aromatic heterocycles. The predicted molar refractivity (Wildman–Crippen MR) is 64.6 cm³/mol. The number of aryl methyl sites for hydroxylation is 1. The largest absolute Gasteiger partial charge is 0.461 e. The molecule has 0 aliphatic carbocycles. The average Bonchev–Trinajstić information content (AvgIpc) is 2.70. The van der Waals surface area contributed by atoms with Crippen molar-refractivity contribution in [3.05, 3.63) is 41.2 Å². The van der Waals surface area contributed by atoms with Crippen LogP contribution in [0.3, 0.4) is 0 Å². The van der Waals surface area contributed by atoms with E-state index in [9.17, 15) is 13.6 Å². The number of benzene rings is 1. The number of carbonyl (C=O) groups is 1. The van der Waals surface area contributed by atoms with Crippen molar-refractivity contribution in [2.24, 2.45) is 0 Å². The molecule has 0 aliphatic heterocycles. The lowest BCUT2D eigenvalue weighted by molar-refractivity contribution is 0.0519. The Bertz CT molecular complexity index is 603. The van der Waals surface area contributed by atoms with Gasteiger partial charge < -0.3 is 9.72 Å². The van der Waals surface area contributed by atoms with Gasteiger partial charge in [0.2, 0.25) is 0 Å². The fourth-order valence-electron chi connectivity index (χ4n) is 1.69. The van der Waals surface area contributed by atoms with Crippen molar-refractivity contribution in [3.63, 3.8) is 0 Å². The maximum absolute atomic E-state index is 13.1. The van der Waals surface area contributed by atoms with Crippen LogP contribution >= 0.6 is 0 Å². The number of rotatable bonds is 3. The topological polar surface area (TPSA) is 55.0 Å². The Morgan fingerprint density at radius 1 is 1.32 bits per heavy atom. The summed E-state index contributed by atoms with van der Waals surface area (Å²) in [4.78, 5) is 18.4. The van der Waals surface area contributed by atoms with Crippen molar-refractivity contribution < 1.29 is 18.3 Å². The third kappa shape index (κ3) is 2.78. The van der Waals surface area contributed by atoms with Gasteiger partial charge in [-0.2, -0.15) is 0 Å². The van der Waals surface area contributed by atoms with Crippen LogP contribution in [0.5, 0.6) is 0 Å². The van der Waals surface area contributed by atoms with E-state index in [4.69, 9.17) is 4.74 Å². The molecule has 2 aromatic rings. The van der Waals surface area contributed by atoms with E-state index in [-0.39, 0.29) is 23.7 Å². The molecule has 4 nitrogen and oxygen atoms in total. The first kappa shape index (κ1) is 13.2. The first-order chi connectivity index (χ1) is 9.01. The van der Waals surface area contributed by atoms with Gasteiger partial charge >= 0.3 is 5.97 Å². The van der Waals surface area contributed by atoms with Crippen molar-refractivity contribution in [2.75, 3.05) is 6.61 Å². The van der Waals surface area contributed by atoms with E-state index in [2.05, 4.69) is 9.97 Å². The fourth-order valence-corrected chi connectivity index (χ4v) is 1.69. The molecule has 1 N–H and O–H groups in total. The van der Waals surface area contributed by atoms with Crippen LogP contribution in [0, 0.1) is 18.6 Å². The van der Waals surface area contributed by atoms with Crippen LogP contribution in [0.1, 0.15) is 23.1 Å². The molecule has 0 amide bonds. The second-order valence-electron chi connectivity index (χ2n) is 3.94. The minimum absolute atomic E-state index is 0.113. The number of hydrogen-bond donors (Lipinski definition) is 1. The lowest BCUT2D eigenvalue weighted by Crippen LogP contribution is -2.06. The molecule has 0 atom stereocenters. The predicted octanol–water partition coefficient (Wildman–Crippen LogP) is 2.84. The van der Waals surface area contributed by atoms with Crippen molar-refractivity contribution in [3.8, 4) is 11.4 Å². The summed E-state index contributed by atoms with van der Waals surface area (Å²) >= 11 is 0. The van der Waals surface area contributed by atoms with Crippen LogP contribution in [-0.2, 0) is 4.74 Å². The summed E-state index contributed by atoms with van der Waals surface area (Å²) in [7, 11) is 0.